The van der Waals surface area contributed by atoms with Crippen LogP contribution in [0.5, 0.6) is 0 Å². The fourth-order valence-corrected chi connectivity index (χ4v) is 4.90. The van der Waals surface area contributed by atoms with Crippen LogP contribution in [0.2, 0.25) is 0 Å². The number of anilines is 1. The lowest BCUT2D eigenvalue weighted by atomic mass is 9.95. The van der Waals surface area contributed by atoms with Gasteiger partial charge >= 0.3 is 5.97 Å². The molecule has 0 aliphatic carbocycles. The van der Waals surface area contributed by atoms with Crippen molar-refractivity contribution in [2.75, 3.05) is 25.6 Å². The zero-order valence-corrected chi connectivity index (χ0v) is 20.4. The Bertz CT molecular complexity index is 1420. The van der Waals surface area contributed by atoms with Crippen LogP contribution in [-0.4, -0.2) is 41.0 Å². The SMILES string of the molecule is CCOC(=O)C1=C(C)N=c2s/c(=C\c3cnn(C)c3C)c(=O)n2C1c1ccc(N(C)C)cc1. The molecule has 2 aromatic heterocycles. The molecule has 9 heteroatoms. The van der Waals surface area contributed by atoms with Gasteiger partial charge in [0.25, 0.3) is 5.56 Å². The zero-order valence-electron chi connectivity index (χ0n) is 19.6. The number of benzene rings is 1. The third-order valence-electron chi connectivity index (χ3n) is 5.80. The Balaban J connectivity index is 1.95. The standard InChI is InChI=1S/C24H27N5O3S/c1-7-32-23(31)20-14(2)26-24-29(21(20)16-8-10-18(11-9-16)27(4)5)22(30)19(33-24)12-17-13-25-28(6)15(17)3/h8-13,21H,7H2,1-6H3/b19-12-. The van der Waals surface area contributed by atoms with Crippen LogP contribution >= 0.6 is 11.3 Å². The number of nitrogens with zero attached hydrogens (tertiary/aromatic N) is 5. The first-order valence-corrected chi connectivity index (χ1v) is 11.5. The maximum absolute atomic E-state index is 13.6. The first kappa shape index (κ1) is 22.7. The molecular formula is C24H27N5O3S. The average Bonchev–Trinajstić information content (AvgIpc) is 3.26. The third-order valence-corrected chi connectivity index (χ3v) is 6.79. The molecule has 4 rings (SSSR count). The maximum Gasteiger partial charge on any atom is 0.338 e. The van der Waals surface area contributed by atoms with Crippen LogP contribution in [0.3, 0.4) is 0 Å². The quantitative estimate of drug-likeness (QED) is 0.538. The summed E-state index contributed by atoms with van der Waals surface area (Å²) >= 11 is 1.31. The average molecular weight is 466 g/mol. The Morgan fingerprint density at radius 3 is 2.52 bits per heavy atom. The minimum atomic E-state index is -0.617. The summed E-state index contributed by atoms with van der Waals surface area (Å²) in [7, 11) is 5.79. The lowest BCUT2D eigenvalue weighted by Gasteiger charge is -2.25. The summed E-state index contributed by atoms with van der Waals surface area (Å²) in [4.78, 5) is 33.7. The van der Waals surface area contributed by atoms with Gasteiger partial charge in [0.05, 0.1) is 34.6 Å². The van der Waals surface area contributed by atoms with Gasteiger partial charge in [0, 0.05) is 38.1 Å². The van der Waals surface area contributed by atoms with Crippen molar-refractivity contribution in [1.29, 1.82) is 0 Å². The van der Waals surface area contributed by atoms with Crippen molar-refractivity contribution >= 4 is 29.1 Å². The Hall–Kier alpha value is -3.46. The molecule has 3 aromatic rings. The highest BCUT2D eigenvalue weighted by Gasteiger charge is 2.33. The highest BCUT2D eigenvalue weighted by atomic mass is 32.1. The molecule has 0 N–H and O–H groups in total. The van der Waals surface area contributed by atoms with Crippen molar-refractivity contribution < 1.29 is 9.53 Å². The number of rotatable bonds is 5. The van der Waals surface area contributed by atoms with E-state index in [9.17, 15) is 9.59 Å². The number of carbonyl (C=O) groups excluding carboxylic acids is 1. The number of aryl methyl sites for hydroxylation is 1. The molecule has 0 bridgehead atoms. The van der Waals surface area contributed by atoms with Gasteiger partial charge in [0.15, 0.2) is 4.80 Å². The predicted octanol–water partition coefficient (Wildman–Crippen LogP) is 1.91. The number of hydrogen-bond donors (Lipinski definition) is 0. The molecule has 3 heterocycles. The van der Waals surface area contributed by atoms with Gasteiger partial charge in [-0.15, -0.1) is 0 Å². The predicted molar refractivity (Wildman–Crippen MR) is 129 cm³/mol. The molecule has 1 aromatic carbocycles. The summed E-state index contributed by atoms with van der Waals surface area (Å²) in [5, 5.41) is 4.26. The van der Waals surface area contributed by atoms with Crippen molar-refractivity contribution in [1.82, 2.24) is 14.3 Å². The highest BCUT2D eigenvalue weighted by Crippen LogP contribution is 2.31. The fourth-order valence-electron chi connectivity index (χ4n) is 3.86. The molecule has 0 saturated heterocycles. The molecule has 0 fully saturated rings. The van der Waals surface area contributed by atoms with Crippen molar-refractivity contribution in [3.05, 3.63) is 78.2 Å². The maximum atomic E-state index is 13.6. The minimum absolute atomic E-state index is 0.196. The number of fused-ring (bicyclic) bond motifs is 1. The number of aromatic nitrogens is 3. The molecule has 1 unspecified atom stereocenters. The van der Waals surface area contributed by atoms with Crippen molar-refractivity contribution in [3.63, 3.8) is 0 Å². The lowest BCUT2D eigenvalue weighted by Crippen LogP contribution is -2.40. The topological polar surface area (TPSA) is 81.7 Å². The smallest absolute Gasteiger partial charge is 0.338 e. The van der Waals surface area contributed by atoms with E-state index in [1.165, 1.54) is 11.3 Å². The van der Waals surface area contributed by atoms with Gasteiger partial charge in [0.2, 0.25) is 0 Å². The van der Waals surface area contributed by atoms with E-state index in [0.717, 1.165) is 22.5 Å². The van der Waals surface area contributed by atoms with Crippen LogP contribution in [0.25, 0.3) is 6.08 Å². The van der Waals surface area contributed by atoms with Gasteiger partial charge in [-0.1, -0.05) is 23.5 Å². The molecule has 8 nitrogen and oxygen atoms in total. The van der Waals surface area contributed by atoms with Crippen LogP contribution in [0, 0.1) is 6.92 Å². The molecule has 0 spiro atoms. The van der Waals surface area contributed by atoms with Gasteiger partial charge in [-0.3, -0.25) is 14.0 Å². The van der Waals surface area contributed by atoms with Crippen LogP contribution in [0.1, 0.15) is 36.7 Å². The summed E-state index contributed by atoms with van der Waals surface area (Å²) in [5.41, 5.74) is 4.42. The van der Waals surface area contributed by atoms with Crippen LogP contribution in [0.15, 0.2) is 51.5 Å². The van der Waals surface area contributed by atoms with Gasteiger partial charge in [0.1, 0.15) is 0 Å². The van der Waals surface area contributed by atoms with Gasteiger partial charge in [-0.05, 0) is 44.5 Å². The van der Waals surface area contributed by atoms with E-state index in [-0.39, 0.29) is 12.2 Å². The molecule has 0 saturated carbocycles. The van der Waals surface area contributed by atoms with Gasteiger partial charge in [-0.2, -0.15) is 5.10 Å². The molecule has 0 amide bonds. The Kier molecular flexibility index (Phi) is 6.07. The van der Waals surface area contributed by atoms with E-state index in [1.54, 1.807) is 29.3 Å². The number of ether oxygens (including phenoxy) is 1. The van der Waals surface area contributed by atoms with E-state index < -0.39 is 12.0 Å². The summed E-state index contributed by atoms with van der Waals surface area (Å²) in [5.74, 6) is -0.460. The third kappa shape index (κ3) is 4.04. The fraction of sp³-hybridized carbons (Fsp3) is 0.333. The normalized spacial score (nSPS) is 15.9. The Morgan fingerprint density at radius 1 is 1.24 bits per heavy atom. The number of allylic oxidation sites excluding steroid dienone is 1. The first-order valence-electron chi connectivity index (χ1n) is 10.7. The molecule has 0 radical (unpaired) electrons. The number of thiazole rings is 1. The monoisotopic (exact) mass is 465 g/mol. The molecular weight excluding hydrogens is 438 g/mol. The number of esters is 1. The summed E-state index contributed by atoms with van der Waals surface area (Å²) in [6.45, 7) is 5.75. The molecule has 1 atom stereocenters. The number of carbonyl (C=O) groups is 1. The van der Waals surface area contributed by atoms with E-state index in [1.807, 2.05) is 63.3 Å². The van der Waals surface area contributed by atoms with Crippen LogP contribution < -0.4 is 19.8 Å². The van der Waals surface area contributed by atoms with Crippen LogP contribution in [0.4, 0.5) is 5.69 Å². The van der Waals surface area contributed by atoms with Crippen molar-refractivity contribution in [3.8, 4) is 0 Å². The lowest BCUT2D eigenvalue weighted by molar-refractivity contribution is -0.139. The Labute approximate surface area is 195 Å². The Morgan fingerprint density at radius 2 is 1.94 bits per heavy atom. The number of hydrogen-bond acceptors (Lipinski definition) is 7. The van der Waals surface area contributed by atoms with E-state index in [4.69, 9.17) is 4.74 Å². The summed E-state index contributed by atoms with van der Waals surface area (Å²) in [6, 6.07) is 7.22. The van der Waals surface area contributed by atoms with E-state index in [2.05, 4.69) is 10.1 Å². The van der Waals surface area contributed by atoms with Crippen LogP contribution in [-0.2, 0) is 16.6 Å². The second-order valence-electron chi connectivity index (χ2n) is 8.10. The minimum Gasteiger partial charge on any atom is -0.463 e. The largest absolute Gasteiger partial charge is 0.463 e. The highest BCUT2D eigenvalue weighted by molar-refractivity contribution is 7.07. The second kappa shape index (κ2) is 8.82. The molecule has 172 valence electrons. The van der Waals surface area contributed by atoms with Gasteiger partial charge in [-0.25, -0.2) is 9.79 Å². The van der Waals surface area contributed by atoms with Crippen molar-refractivity contribution in [2.24, 2.45) is 12.0 Å². The second-order valence-corrected chi connectivity index (χ2v) is 9.11. The summed E-state index contributed by atoms with van der Waals surface area (Å²) in [6.07, 6.45) is 3.57. The molecule has 1 aliphatic rings. The van der Waals surface area contributed by atoms with Crippen molar-refractivity contribution in [2.45, 2.75) is 26.8 Å². The first-order chi connectivity index (χ1) is 15.7. The summed E-state index contributed by atoms with van der Waals surface area (Å²) < 4.78 is 9.25. The zero-order chi connectivity index (χ0) is 23.9. The molecule has 33 heavy (non-hydrogen) atoms. The molecule has 1 aliphatic heterocycles. The van der Waals surface area contributed by atoms with Gasteiger partial charge < -0.3 is 9.64 Å². The van der Waals surface area contributed by atoms with E-state index >= 15 is 0 Å². The van der Waals surface area contributed by atoms with E-state index in [0.29, 0.717) is 20.6 Å².